The van der Waals surface area contributed by atoms with Crippen LogP contribution in [0.5, 0.6) is 5.88 Å². The highest BCUT2D eigenvalue weighted by molar-refractivity contribution is 7.98. The number of rotatable bonds is 5. The minimum Gasteiger partial charge on any atom is -0.493 e. The summed E-state index contributed by atoms with van der Waals surface area (Å²) in [6.07, 6.45) is 0.773. The number of thioether (sulfide) groups is 1. The smallest absolute Gasteiger partial charge is 0.258 e. The molecule has 112 valence electrons. The van der Waals surface area contributed by atoms with E-state index >= 15 is 0 Å². The number of H-pyrrole nitrogens is 1. The first-order valence-electron chi connectivity index (χ1n) is 6.71. The normalized spacial score (nSPS) is 12.3. The van der Waals surface area contributed by atoms with Crippen molar-refractivity contribution in [1.82, 2.24) is 9.97 Å². The zero-order valence-electron chi connectivity index (χ0n) is 11.9. The number of aromatic amines is 1. The Labute approximate surface area is 132 Å². The molecule has 1 aromatic carbocycles. The molecule has 1 atom stereocenters. The lowest BCUT2D eigenvalue weighted by molar-refractivity contribution is 0.429. The van der Waals surface area contributed by atoms with Gasteiger partial charge in [-0.3, -0.25) is 4.79 Å². The van der Waals surface area contributed by atoms with E-state index < -0.39 is 0 Å². The Morgan fingerprint density at radius 1 is 1.38 bits per heavy atom. The number of benzene rings is 1. The standard InChI is InChI=1S/C15H17ClN2O2S/c1-3-9(2)12-13(19)17-15(18-14(12)20)21-8-10-4-6-11(16)7-5-10/h4-7,9H,3,8H2,1-2H3,(H2,17,18,19,20)/t9-/m1/s1. The summed E-state index contributed by atoms with van der Waals surface area (Å²) in [5.41, 5.74) is 1.15. The average Bonchev–Trinajstić information content (AvgIpc) is 2.45. The van der Waals surface area contributed by atoms with Crippen LogP contribution in [0.25, 0.3) is 0 Å². The van der Waals surface area contributed by atoms with Crippen molar-refractivity contribution in [3.05, 3.63) is 50.8 Å². The van der Waals surface area contributed by atoms with Crippen LogP contribution in [-0.4, -0.2) is 15.1 Å². The fraction of sp³-hybridized carbons (Fsp3) is 0.333. The monoisotopic (exact) mass is 324 g/mol. The van der Waals surface area contributed by atoms with E-state index in [1.54, 1.807) is 0 Å². The molecule has 21 heavy (non-hydrogen) atoms. The average molecular weight is 325 g/mol. The maximum Gasteiger partial charge on any atom is 0.258 e. The van der Waals surface area contributed by atoms with Crippen LogP contribution in [0, 0.1) is 0 Å². The molecule has 0 amide bonds. The van der Waals surface area contributed by atoms with Crippen LogP contribution in [0.1, 0.15) is 37.3 Å². The molecule has 1 heterocycles. The first-order valence-corrected chi connectivity index (χ1v) is 8.08. The number of hydrogen-bond donors (Lipinski definition) is 2. The molecule has 0 aliphatic heterocycles. The van der Waals surface area contributed by atoms with Crippen LogP contribution >= 0.6 is 23.4 Å². The van der Waals surface area contributed by atoms with Crippen molar-refractivity contribution in [2.75, 3.05) is 0 Å². The van der Waals surface area contributed by atoms with Gasteiger partial charge in [-0.15, -0.1) is 0 Å². The molecule has 0 aliphatic carbocycles. The zero-order chi connectivity index (χ0) is 15.4. The second-order valence-corrected chi connectivity index (χ2v) is 6.23. The summed E-state index contributed by atoms with van der Waals surface area (Å²) < 4.78 is 0. The van der Waals surface area contributed by atoms with E-state index in [9.17, 15) is 9.90 Å². The van der Waals surface area contributed by atoms with Gasteiger partial charge in [0.15, 0.2) is 5.16 Å². The molecule has 2 N–H and O–H groups in total. The molecule has 2 rings (SSSR count). The molecule has 4 nitrogen and oxygen atoms in total. The second kappa shape index (κ2) is 7.00. The summed E-state index contributed by atoms with van der Waals surface area (Å²) in [6.45, 7) is 3.86. The van der Waals surface area contributed by atoms with Crippen molar-refractivity contribution < 1.29 is 5.11 Å². The van der Waals surface area contributed by atoms with E-state index in [1.165, 1.54) is 11.8 Å². The summed E-state index contributed by atoms with van der Waals surface area (Å²) in [7, 11) is 0. The lowest BCUT2D eigenvalue weighted by atomic mass is 10.0. The predicted octanol–water partition coefficient (Wildman–Crippen LogP) is 3.93. The molecular formula is C15H17ClN2O2S. The number of halogens is 1. The van der Waals surface area contributed by atoms with Gasteiger partial charge in [-0.05, 0) is 30.0 Å². The van der Waals surface area contributed by atoms with Crippen molar-refractivity contribution in [2.24, 2.45) is 0 Å². The molecule has 1 aromatic heterocycles. The molecule has 0 aliphatic rings. The summed E-state index contributed by atoms with van der Waals surface area (Å²) >= 11 is 7.20. The van der Waals surface area contributed by atoms with E-state index in [1.807, 2.05) is 38.1 Å². The van der Waals surface area contributed by atoms with Gasteiger partial charge in [-0.1, -0.05) is 49.3 Å². The van der Waals surface area contributed by atoms with Gasteiger partial charge in [0.2, 0.25) is 5.88 Å². The maximum absolute atomic E-state index is 12.0. The molecule has 0 unspecified atom stereocenters. The third-order valence-corrected chi connectivity index (χ3v) is 4.50. The summed E-state index contributed by atoms with van der Waals surface area (Å²) in [6, 6.07) is 7.47. The third-order valence-electron chi connectivity index (χ3n) is 3.31. The highest BCUT2D eigenvalue weighted by Gasteiger charge is 2.16. The lowest BCUT2D eigenvalue weighted by Crippen LogP contribution is -2.17. The Morgan fingerprint density at radius 3 is 2.62 bits per heavy atom. The number of aromatic nitrogens is 2. The van der Waals surface area contributed by atoms with Crippen molar-refractivity contribution in [1.29, 1.82) is 0 Å². The van der Waals surface area contributed by atoms with Crippen molar-refractivity contribution >= 4 is 23.4 Å². The topological polar surface area (TPSA) is 66.0 Å². The van der Waals surface area contributed by atoms with Crippen molar-refractivity contribution in [3.63, 3.8) is 0 Å². The Bertz CT molecular complexity index is 670. The Balaban J connectivity index is 2.15. The first kappa shape index (κ1) is 15.9. The summed E-state index contributed by atoms with van der Waals surface area (Å²) in [5.74, 6) is 0.450. The predicted molar refractivity (Wildman–Crippen MR) is 86.2 cm³/mol. The van der Waals surface area contributed by atoms with Gasteiger partial charge in [-0.2, -0.15) is 4.98 Å². The minimum atomic E-state index is -0.268. The molecule has 0 fully saturated rings. The quantitative estimate of drug-likeness (QED) is 0.646. The Morgan fingerprint density at radius 2 is 2.05 bits per heavy atom. The number of hydrogen-bond acceptors (Lipinski definition) is 4. The molecule has 2 aromatic rings. The van der Waals surface area contributed by atoms with Gasteiger partial charge in [0.05, 0.1) is 5.56 Å². The highest BCUT2D eigenvalue weighted by Crippen LogP contribution is 2.26. The van der Waals surface area contributed by atoms with E-state index in [2.05, 4.69) is 9.97 Å². The summed E-state index contributed by atoms with van der Waals surface area (Å²) in [5, 5.41) is 11.0. The van der Waals surface area contributed by atoms with Crippen LogP contribution < -0.4 is 5.56 Å². The molecule has 6 heteroatoms. The SMILES string of the molecule is CC[C@@H](C)c1c(O)nc(SCc2ccc(Cl)cc2)[nH]c1=O. The number of aromatic hydroxyl groups is 1. The highest BCUT2D eigenvalue weighted by atomic mass is 35.5. The second-order valence-electron chi connectivity index (χ2n) is 4.83. The zero-order valence-corrected chi connectivity index (χ0v) is 13.5. The number of nitrogens with one attached hydrogen (secondary N) is 1. The van der Waals surface area contributed by atoms with E-state index in [0.717, 1.165) is 12.0 Å². The molecular weight excluding hydrogens is 308 g/mol. The van der Waals surface area contributed by atoms with E-state index in [4.69, 9.17) is 11.6 Å². The molecule has 0 spiro atoms. The van der Waals surface area contributed by atoms with Gasteiger partial charge in [-0.25, -0.2) is 0 Å². The largest absolute Gasteiger partial charge is 0.493 e. The molecule has 0 radical (unpaired) electrons. The fourth-order valence-corrected chi connectivity index (χ4v) is 2.84. The molecule has 0 saturated carbocycles. The molecule has 0 bridgehead atoms. The van der Waals surface area contributed by atoms with Crippen LogP contribution in [0.4, 0.5) is 0 Å². The minimum absolute atomic E-state index is 0.0171. The van der Waals surface area contributed by atoms with E-state index in [0.29, 0.717) is 21.5 Å². The van der Waals surface area contributed by atoms with Crippen LogP contribution in [0.15, 0.2) is 34.2 Å². The Hall–Kier alpha value is -1.46. The maximum atomic E-state index is 12.0. The van der Waals surface area contributed by atoms with Gasteiger partial charge in [0, 0.05) is 10.8 Å². The summed E-state index contributed by atoms with van der Waals surface area (Å²) in [4.78, 5) is 18.8. The van der Waals surface area contributed by atoms with Crippen LogP contribution in [-0.2, 0) is 5.75 Å². The van der Waals surface area contributed by atoms with Crippen molar-refractivity contribution in [3.8, 4) is 5.88 Å². The van der Waals surface area contributed by atoms with E-state index in [-0.39, 0.29) is 17.4 Å². The lowest BCUT2D eigenvalue weighted by Gasteiger charge is -2.10. The van der Waals surface area contributed by atoms with Gasteiger partial charge < -0.3 is 10.1 Å². The molecule has 0 saturated heterocycles. The van der Waals surface area contributed by atoms with Gasteiger partial charge in [0.1, 0.15) is 0 Å². The number of nitrogens with zero attached hydrogens (tertiary/aromatic N) is 1. The Kier molecular flexibility index (Phi) is 5.31. The van der Waals surface area contributed by atoms with Gasteiger partial charge in [0.25, 0.3) is 5.56 Å². The fourth-order valence-electron chi connectivity index (χ4n) is 1.90. The first-order chi connectivity index (χ1) is 10.0. The third kappa shape index (κ3) is 4.02. The van der Waals surface area contributed by atoms with Crippen molar-refractivity contribution in [2.45, 2.75) is 37.1 Å². The van der Waals surface area contributed by atoms with Crippen LogP contribution in [0.2, 0.25) is 5.02 Å². The van der Waals surface area contributed by atoms with Crippen LogP contribution in [0.3, 0.4) is 0 Å². The van der Waals surface area contributed by atoms with Gasteiger partial charge >= 0.3 is 0 Å².